The molecule has 0 fully saturated rings. The fraction of sp³-hybridized carbons (Fsp3) is 0.143. The molecular weight excluding hydrogens is 292 g/mol. The van der Waals surface area contributed by atoms with Gasteiger partial charge in [-0.3, -0.25) is 9.59 Å². The summed E-state index contributed by atoms with van der Waals surface area (Å²) >= 11 is 1.09. The highest BCUT2D eigenvalue weighted by molar-refractivity contribution is 8.18. The van der Waals surface area contributed by atoms with Gasteiger partial charge in [-0.2, -0.15) is 4.99 Å². The molecular formula is C14H12N2O4S. The van der Waals surface area contributed by atoms with Crippen LogP contribution in [-0.4, -0.2) is 30.1 Å². The lowest BCUT2D eigenvalue weighted by molar-refractivity contribution is -0.117. The quantitative estimate of drug-likeness (QED) is 0.662. The second-order valence-electron chi connectivity index (χ2n) is 4.13. The molecule has 0 bridgehead atoms. The number of ether oxygens (including phenoxy) is 1. The van der Waals surface area contributed by atoms with Crippen molar-refractivity contribution in [3.05, 3.63) is 40.3 Å². The second kappa shape index (κ2) is 6.36. The van der Waals surface area contributed by atoms with Gasteiger partial charge < -0.3 is 10.1 Å². The van der Waals surface area contributed by atoms with E-state index in [4.69, 9.17) is 0 Å². The molecule has 0 saturated carbocycles. The monoisotopic (exact) mass is 304 g/mol. The Hall–Kier alpha value is -2.41. The van der Waals surface area contributed by atoms with Crippen molar-refractivity contribution in [3.63, 3.8) is 0 Å². The number of benzene rings is 1. The lowest BCUT2D eigenvalue weighted by Crippen LogP contribution is -2.23. The van der Waals surface area contributed by atoms with Crippen LogP contribution in [0.5, 0.6) is 0 Å². The average molecular weight is 304 g/mol. The number of rotatable bonds is 2. The number of nitrogens with one attached hydrogen (secondary N) is 1. The van der Waals surface area contributed by atoms with Crippen LogP contribution in [0.25, 0.3) is 6.08 Å². The Balaban J connectivity index is 2.13. The Morgan fingerprint density at radius 1 is 1.29 bits per heavy atom. The molecule has 1 heterocycles. The van der Waals surface area contributed by atoms with E-state index in [0.717, 1.165) is 17.3 Å². The number of nitrogens with zero attached hydrogens (tertiary/aromatic N) is 1. The number of carbonyl (C=O) groups excluding carboxylic acids is 3. The van der Waals surface area contributed by atoms with Gasteiger partial charge in [-0.15, -0.1) is 0 Å². The molecule has 1 N–H and O–H groups in total. The maximum Gasteiger partial charge on any atom is 0.337 e. The summed E-state index contributed by atoms with van der Waals surface area (Å²) in [7, 11) is 1.31. The van der Waals surface area contributed by atoms with E-state index < -0.39 is 11.9 Å². The molecule has 2 amide bonds. The summed E-state index contributed by atoms with van der Waals surface area (Å²) in [6, 6.07) is 6.61. The van der Waals surface area contributed by atoms with E-state index in [-0.39, 0.29) is 11.1 Å². The third-order valence-electron chi connectivity index (χ3n) is 2.53. The van der Waals surface area contributed by atoms with Crippen LogP contribution in [0.15, 0.2) is 34.2 Å². The molecule has 0 unspecified atom stereocenters. The predicted octanol–water partition coefficient (Wildman–Crippen LogP) is 1.58. The van der Waals surface area contributed by atoms with Gasteiger partial charge in [0, 0.05) is 6.92 Å². The molecule has 1 aromatic carbocycles. The Morgan fingerprint density at radius 2 is 1.95 bits per heavy atom. The lowest BCUT2D eigenvalue weighted by atomic mass is 10.1. The summed E-state index contributed by atoms with van der Waals surface area (Å²) in [6.07, 6.45) is 1.65. The van der Waals surface area contributed by atoms with Crippen LogP contribution in [0.2, 0.25) is 0 Å². The standard InChI is InChI=1S/C14H12N2O4S/c1-8(17)15-14-16-12(18)11(21-14)7-9-3-5-10(6-4-9)13(19)20-2/h3-7H,1-2H3,(H,15,16,17,18)/b11-7-. The van der Waals surface area contributed by atoms with E-state index in [2.05, 4.69) is 15.0 Å². The van der Waals surface area contributed by atoms with Crippen LogP contribution in [0.4, 0.5) is 0 Å². The van der Waals surface area contributed by atoms with E-state index in [1.54, 1.807) is 30.3 Å². The van der Waals surface area contributed by atoms with Crippen LogP contribution in [0, 0.1) is 0 Å². The number of aliphatic imine (C=N–C) groups is 1. The third kappa shape index (κ3) is 3.79. The SMILES string of the molecule is COC(=O)c1ccc(/C=C2\SC(NC(C)=O)=NC2=O)cc1. The van der Waals surface area contributed by atoms with Crippen molar-refractivity contribution in [2.45, 2.75) is 6.92 Å². The van der Waals surface area contributed by atoms with Gasteiger partial charge in [0.25, 0.3) is 5.91 Å². The number of amides is 2. The van der Waals surface area contributed by atoms with Crippen LogP contribution in [0.1, 0.15) is 22.8 Å². The molecule has 0 atom stereocenters. The molecule has 0 radical (unpaired) electrons. The van der Waals surface area contributed by atoms with Crippen LogP contribution >= 0.6 is 11.8 Å². The van der Waals surface area contributed by atoms with Crippen LogP contribution < -0.4 is 5.32 Å². The fourth-order valence-corrected chi connectivity index (χ4v) is 2.46. The van der Waals surface area contributed by atoms with Crippen LogP contribution in [0.3, 0.4) is 0 Å². The largest absolute Gasteiger partial charge is 0.465 e. The summed E-state index contributed by atoms with van der Waals surface area (Å²) in [5.74, 6) is -1.10. The minimum Gasteiger partial charge on any atom is -0.465 e. The maximum absolute atomic E-state index is 11.7. The maximum atomic E-state index is 11.7. The highest BCUT2D eigenvalue weighted by Crippen LogP contribution is 2.27. The van der Waals surface area contributed by atoms with Crippen molar-refractivity contribution in [3.8, 4) is 0 Å². The first kappa shape index (κ1) is 15.0. The topological polar surface area (TPSA) is 84.8 Å². The predicted molar refractivity (Wildman–Crippen MR) is 79.6 cm³/mol. The van der Waals surface area contributed by atoms with Gasteiger partial charge in [0.1, 0.15) is 0 Å². The molecule has 1 aromatic rings. The van der Waals surface area contributed by atoms with Gasteiger partial charge in [0.15, 0.2) is 5.17 Å². The Morgan fingerprint density at radius 3 is 2.52 bits per heavy atom. The molecule has 7 heteroatoms. The zero-order chi connectivity index (χ0) is 15.4. The van der Waals surface area contributed by atoms with E-state index in [9.17, 15) is 14.4 Å². The van der Waals surface area contributed by atoms with E-state index in [1.165, 1.54) is 14.0 Å². The van der Waals surface area contributed by atoms with Crippen molar-refractivity contribution in [1.82, 2.24) is 5.32 Å². The van der Waals surface area contributed by atoms with E-state index in [0.29, 0.717) is 10.5 Å². The third-order valence-corrected chi connectivity index (χ3v) is 3.43. The molecule has 1 aliphatic rings. The van der Waals surface area contributed by atoms with Gasteiger partial charge in [0.05, 0.1) is 17.6 Å². The van der Waals surface area contributed by atoms with Gasteiger partial charge in [-0.1, -0.05) is 12.1 Å². The first-order valence-corrected chi connectivity index (χ1v) is 6.80. The van der Waals surface area contributed by atoms with E-state index >= 15 is 0 Å². The number of amidine groups is 1. The molecule has 0 saturated heterocycles. The van der Waals surface area contributed by atoms with Gasteiger partial charge in [0.2, 0.25) is 5.91 Å². The molecule has 6 nitrogen and oxygen atoms in total. The fourth-order valence-electron chi connectivity index (χ4n) is 1.60. The van der Waals surface area contributed by atoms with Gasteiger partial charge in [-0.25, -0.2) is 4.79 Å². The summed E-state index contributed by atoms with van der Waals surface area (Å²) in [6.45, 7) is 1.35. The molecule has 0 spiro atoms. The zero-order valence-corrected chi connectivity index (χ0v) is 12.2. The average Bonchev–Trinajstić information content (AvgIpc) is 2.78. The molecule has 0 aliphatic carbocycles. The Kier molecular flexibility index (Phi) is 4.54. The Bertz CT molecular complexity index is 662. The molecule has 0 aromatic heterocycles. The summed E-state index contributed by atoms with van der Waals surface area (Å²) in [4.78, 5) is 38.1. The van der Waals surface area contributed by atoms with Crippen molar-refractivity contribution >= 4 is 40.8 Å². The highest BCUT2D eigenvalue weighted by Gasteiger charge is 2.22. The number of methoxy groups -OCH3 is 1. The summed E-state index contributed by atoms with van der Waals surface area (Å²) in [5.41, 5.74) is 1.18. The number of carbonyl (C=O) groups is 3. The first-order valence-electron chi connectivity index (χ1n) is 5.98. The molecule has 1 aliphatic heterocycles. The molecule has 2 rings (SSSR count). The van der Waals surface area contributed by atoms with Crippen molar-refractivity contribution in [1.29, 1.82) is 0 Å². The molecule has 21 heavy (non-hydrogen) atoms. The zero-order valence-electron chi connectivity index (χ0n) is 11.4. The summed E-state index contributed by atoms with van der Waals surface area (Å²) < 4.78 is 4.61. The molecule has 108 valence electrons. The number of thioether (sulfide) groups is 1. The second-order valence-corrected chi connectivity index (χ2v) is 5.16. The van der Waals surface area contributed by atoms with E-state index in [1.807, 2.05) is 0 Å². The highest BCUT2D eigenvalue weighted by atomic mass is 32.2. The number of hydrogen-bond acceptors (Lipinski definition) is 5. The van der Waals surface area contributed by atoms with Crippen LogP contribution in [-0.2, 0) is 14.3 Å². The van der Waals surface area contributed by atoms with Gasteiger partial charge >= 0.3 is 5.97 Å². The number of hydrogen-bond donors (Lipinski definition) is 1. The first-order chi connectivity index (χ1) is 9.99. The normalized spacial score (nSPS) is 15.8. The Labute approximate surface area is 125 Å². The van der Waals surface area contributed by atoms with Crippen molar-refractivity contribution in [2.24, 2.45) is 4.99 Å². The van der Waals surface area contributed by atoms with Crippen molar-refractivity contribution in [2.75, 3.05) is 7.11 Å². The summed E-state index contributed by atoms with van der Waals surface area (Å²) in [5, 5.41) is 2.74. The minimum atomic E-state index is -0.420. The minimum absolute atomic E-state index is 0.268. The smallest absolute Gasteiger partial charge is 0.337 e. The van der Waals surface area contributed by atoms with Crippen molar-refractivity contribution < 1.29 is 19.1 Å². The number of esters is 1. The van der Waals surface area contributed by atoms with Gasteiger partial charge in [-0.05, 0) is 35.5 Å². The lowest BCUT2D eigenvalue weighted by Gasteiger charge is -2.00.